The molecule has 5 heteroatoms. The van der Waals surface area contributed by atoms with Crippen LogP contribution in [0.2, 0.25) is 0 Å². The molecular weight excluding hydrogens is 260 g/mol. The fourth-order valence-corrected chi connectivity index (χ4v) is 4.75. The lowest BCUT2D eigenvalue weighted by atomic mass is 9.75. The van der Waals surface area contributed by atoms with E-state index in [-0.39, 0.29) is 11.8 Å². The highest BCUT2D eigenvalue weighted by Crippen LogP contribution is 2.43. The van der Waals surface area contributed by atoms with Gasteiger partial charge in [0.25, 0.3) is 0 Å². The maximum atomic E-state index is 12.1. The molecule has 4 nitrogen and oxygen atoms in total. The van der Waals surface area contributed by atoms with Crippen LogP contribution in [0.25, 0.3) is 0 Å². The maximum absolute atomic E-state index is 12.1. The summed E-state index contributed by atoms with van der Waals surface area (Å²) >= 11 is 1.92. The summed E-state index contributed by atoms with van der Waals surface area (Å²) in [6.07, 6.45) is 5.51. The summed E-state index contributed by atoms with van der Waals surface area (Å²) in [5.74, 6) is 5.42. The molecule has 2 unspecified atom stereocenters. The molecular formula is C14H18N2O2S. The van der Waals surface area contributed by atoms with Gasteiger partial charge in [0, 0.05) is 35.2 Å². The zero-order valence-electron chi connectivity index (χ0n) is 10.9. The van der Waals surface area contributed by atoms with Gasteiger partial charge in [0.05, 0.1) is 0 Å². The van der Waals surface area contributed by atoms with Gasteiger partial charge in [-0.15, -0.1) is 0 Å². The standard InChI is InChI=1S/C14H18N2O2S/c17-12-10-4-9(5-11(12)7-19-6-10)14-15-13(16-18-14)8-2-1-3-8/h8-11H,1-7H2. The van der Waals surface area contributed by atoms with Crippen LogP contribution in [-0.4, -0.2) is 27.4 Å². The molecule has 0 N–H and O–H groups in total. The molecule has 19 heavy (non-hydrogen) atoms. The zero-order chi connectivity index (χ0) is 12.8. The number of hydrogen-bond acceptors (Lipinski definition) is 5. The van der Waals surface area contributed by atoms with Gasteiger partial charge in [-0.3, -0.25) is 4.79 Å². The summed E-state index contributed by atoms with van der Waals surface area (Å²) in [5.41, 5.74) is 0. The Balaban J connectivity index is 1.52. The topological polar surface area (TPSA) is 56.0 Å². The first-order valence-electron chi connectivity index (χ1n) is 7.26. The zero-order valence-corrected chi connectivity index (χ0v) is 11.7. The molecule has 0 spiro atoms. The van der Waals surface area contributed by atoms with E-state index in [0.717, 1.165) is 36.1 Å². The molecule has 2 atom stereocenters. The van der Waals surface area contributed by atoms with E-state index >= 15 is 0 Å². The van der Waals surface area contributed by atoms with E-state index in [4.69, 9.17) is 4.52 Å². The number of Topliss-reactive ketones (excluding diaryl/α,β-unsaturated/α-hetero) is 1. The molecule has 0 amide bonds. The average molecular weight is 278 g/mol. The Labute approximate surface area is 116 Å². The molecule has 2 saturated carbocycles. The Morgan fingerprint density at radius 1 is 1.05 bits per heavy atom. The number of carbonyl (C=O) groups is 1. The largest absolute Gasteiger partial charge is 0.339 e. The lowest BCUT2D eigenvalue weighted by Crippen LogP contribution is -2.38. The van der Waals surface area contributed by atoms with Gasteiger partial charge in [-0.05, 0) is 25.7 Å². The quantitative estimate of drug-likeness (QED) is 0.832. The molecule has 2 heterocycles. The summed E-state index contributed by atoms with van der Waals surface area (Å²) in [4.78, 5) is 16.7. The highest BCUT2D eigenvalue weighted by atomic mass is 32.2. The Kier molecular flexibility index (Phi) is 2.90. The van der Waals surface area contributed by atoms with Gasteiger partial charge in [0.15, 0.2) is 5.82 Å². The second kappa shape index (κ2) is 4.62. The summed E-state index contributed by atoms with van der Waals surface area (Å²) < 4.78 is 5.48. The van der Waals surface area contributed by atoms with E-state index in [9.17, 15) is 4.79 Å². The Hall–Kier alpha value is -0.840. The van der Waals surface area contributed by atoms with Gasteiger partial charge in [-0.1, -0.05) is 11.6 Å². The third-order valence-corrected chi connectivity index (χ3v) is 6.13. The molecule has 4 rings (SSSR count). The fourth-order valence-electron chi connectivity index (χ4n) is 3.45. The van der Waals surface area contributed by atoms with E-state index in [0.29, 0.717) is 17.6 Å². The predicted octanol–water partition coefficient (Wildman–Crippen LogP) is 2.76. The number of ketones is 1. The normalized spacial score (nSPS) is 35.2. The highest BCUT2D eigenvalue weighted by molar-refractivity contribution is 7.99. The number of hydrogen-bond donors (Lipinski definition) is 0. The third-order valence-electron chi connectivity index (χ3n) is 4.86. The minimum atomic E-state index is 0.224. The smallest absolute Gasteiger partial charge is 0.229 e. The van der Waals surface area contributed by atoms with E-state index in [1.165, 1.54) is 19.3 Å². The van der Waals surface area contributed by atoms with Crippen molar-refractivity contribution >= 4 is 17.5 Å². The molecule has 3 fully saturated rings. The highest BCUT2D eigenvalue weighted by Gasteiger charge is 2.41. The minimum absolute atomic E-state index is 0.224. The van der Waals surface area contributed by atoms with Crippen LogP contribution in [-0.2, 0) is 4.79 Å². The van der Waals surface area contributed by atoms with Crippen LogP contribution in [0.15, 0.2) is 4.52 Å². The summed E-state index contributed by atoms with van der Waals surface area (Å²) in [6, 6.07) is 0. The third kappa shape index (κ3) is 2.02. The first-order chi connectivity index (χ1) is 9.31. The number of carbonyl (C=O) groups excluding carboxylic acids is 1. The van der Waals surface area contributed by atoms with Crippen molar-refractivity contribution in [1.29, 1.82) is 0 Å². The molecule has 1 aliphatic heterocycles. The van der Waals surface area contributed by atoms with E-state index in [1.54, 1.807) is 0 Å². The molecule has 1 saturated heterocycles. The van der Waals surface area contributed by atoms with Gasteiger partial charge in [-0.25, -0.2) is 0 Å². The van der Waals surface area contributed by atoms with Crippen molar-refractivity contribution in [2.45, 2.75) is 43.9 Å². The van der Waals surface area contributed by atoms with Gasteiger partial charge in [-0.2, -0.15) is 16.7 Å². The molecule has 102 valence electrons. The average Bonchev–Trinajstić information content (AvgIpc) is 2.75. The number of nitrogens with zero attached hydrogens (tertiary/aromatic N) is 2. The van der Waals surface area contributed by atoms with Gasteiger partial charge in [0.1, 0.15) is 5.78 Å². The molecule has 2 aliphatic carbocycles. The van der Waals surface area contributed by atoms with Crippen LogP contribution in [0.1, 0.15) is 55.7 Å². The Bertz CT molecular complexity index is 481. The molecule has 0 radical (unpaired) electrons. The summed E-state index contributed by atoms with van der Waals surface area (Å²) in [6.45, 7) is 0. The van der Waals surface area contributed by atoms with Crippen molar-refractivity contribution < 1.29 is 9.32 Å². The number of aromatic nitrogens is 2. The van der Waals surface area contributed by atoms with Gasteiger partial charge < -0.3 is 4.52 Å². The lowest BCUT2D eigenvalue weighted by molar-refractivity contribution is -0.128. The number of fused-ring (bicyclic) bond motifs is 2. The van der Waals surface area contributed by atoms with E-state index in [1.807, 2.05) is 11.8 Å². The van der Waals surface area contributed by atoms with Crippen molar-refractivity contribution in [3.8, 4) is 0 Å². The molecule has 2 bridgehead atoms. The van der Waals surface area contributed by atoms with Crippen molar-refractivity contribution in [1.82, 2.24) is 10.1 Å². The van der Waals surface area contributed by atoms with Crippen molar-refractivity contribution in [2.75, 3.05) is 11.5 Å². The predicted molar refractivity (Wildman–Crippen MR) is 72.2 cm³/mol. The van der Waals surface area contributed by atoms with Gasteiger partial charge in [0.2, 0.25) is 5.89 Å². The van der Waals surface area contributed by atoms with E-state index in [2.05, 4.69) is 10.1 Å². The second-order valence-electron chi connectivity index (χ2n) is 6.12. The first kappa shape index (κ1) is 11.9. The molecule has 0 aromatic carbocycles. The number of rotatable bonds is 2. The first-order valence-corrected chi connectivity index (χ1v) is 8.41. The van der Waals surface area contributed by atoms with Gasteiger partial charge >= 0.3 is 0 Å². The van der Waals surface area contributed by atoms with Crippen molar-refractivity contribution in [2.24, 2.45) is 11.8 Å². The van der Waals surface area contributed by atoms with Crippen molar-refractivity contribution in [3.63, 3.8) is 0 Å². The summed E-state index contributed by atoms with van der Waals surface area (Å²) in [5, 5.41) is 4.15. The summed E-state index contributed by atoms with van der Waals surface area (Å²) in [7, 11) is 0. The number of thioether (sulfide) groups is 1. The Morgan fingerprint density at radius 2 is 1.79 bits per heavy atom. The van der Waals surface area contributed by atoms with Crippen LogP contribution in [0.4, 0.5) is 0 Å². The molecule has 1 aromatic heterocycles. The SMILES string of the molecule is O=C1C2CSCC1CC(c1nc(C3CCC3)no1)C2. The minimum Gasteiger partial charge on any atom is -0.339 e. The van der Waals surface area contributed by atoms with Crippen molar-refractivity contribution in [3.05, 3.63) is 11.7 Å². The maximum Gasteiger partial charge on any atom is 0.229 e. The molecule has 3 aliphatic rings. The van der Waals surface area contributed by atoms with Crippen LogP contribution in [0.3, 0.4) is 0 Å². The molecule has 1 aromatic rings. The van der Waals surface area contributed by atoms with Crippen LogP contribution >= 0.6 is 11.8 Å². The van der Waals surface area contributed by atoms with Crippen LogP contribution < -0.4 is 0 Å². The monoisotopic (exact) mass is 278 g/mol. The Morgan fingerprint density at radius 3 is 2.42 bits per heavy atom. The van der Waals surface area contributed by atoms with Crippen LogP contribution in [0, 0.1) is 11.8 Å². The van der Waals surface area contributed by atoms with Crippen LogP contribution in [0.5, 0.6) is 0 Å². The fraction of sp³-hybridized carbons (Fsp3) is 0.786. The van der Waals surface area contributed by atoms with E-state index < -0.39 is 0 Å². The second-order valence-corrected chi connectivity index (χ2v) is 7.20. The lowest BCUT2D eigenvalue weighted by Gasteiger charge is -2.35.